The molecule has 4 nitrogen and oxygen atoms in total. The lowest BCUT2D eigenvalue weighted by molar-refractivity contribution is 0.0177. The Morgan fingerprint density at radius 1 is 1.11 bits per heavy atom. The minimum absolute atomic E-state index is 0.0652. The van der Waals surface area contributed by atoms with Gasteiger partial charge in [-0.3, -0.25) is 9.69 Å². The third-order valence-electron chi connectivity index (χ3n) is 6.27. The maximum Gasteiger partial charge on any atom is 0.251 e. The van der Waals surface area contributed by atoms with Crippen molar-refractivity contribution in [2.24, 2.45) is 0 Å². The van der Waals surface area contributed by atoms with Crippen molar-refractivity contribution in [3.05, 3.63) is 65.2 Å². The highest BCUT2D eigenvalue weighted by Crippen LogP contribution is 2.35. The number of nitrogens with zero attached hydrogens (tertiary/aromatic N) is 1. The van der Waals surface area contributed by atoms with E-state index in [0.29, 0.717) is 12.1 Å². The summed E-state index contributed by atoms with van der Waals surface area (Å²) >= 11 is 0. The van der Waals surface area contributed by atoms with Crippen LogP contribution in [-0.2, 0) is 6.54 Å². The van der Waals surface area contributed by atoms with Crippen LogP contribution in [0.5, 0.6) is 5.75 Å². The Morgan fingerprint density at radius 3 is 2.46 bits per heavy atom. The summed E-state index contributed by atoms with van der Waals surface area (Å²) in [7, 11) is 1.70. The molecule has 28 heavy (non-hydrogen) atoms. The highest BCUT2D eigenvalue weighted by Gasteiger charge is 2.38. The summed E-state index contributed by atoms with van der Waals surface area (Å²) in [5, 5.41) is 3.31. The van der Waals surface area contributed by atoms with Crippen LogP contribution in [0.2, 0.25) is 0 Å². The van der Waals surface area contributed by atoms with E-state index in [4.69, 9.17) is 4.74 Å². The molecule has 4 heteroatoms. The summed E-state index contributed by atoms with van der Waals surface area (Å²) < 4.78 is 5.27. The molecule has 1 N–H and O–H groups in total. The van der Waals surface area contributed by atoms with Gasteiger partial charge >= 0.3 is 0 Å². The number of amides is 1. The summed E-state index contributed by atoms with van der Waals surface area (Å²) in [6.07, 6.45) is 5.84. The molecule has 0 aliphatic carbocycles. The predicted octanol–water partition coefficient (Wildman–Crippen LogP) is 4.32. The average Bonchev–Trinajstić information content (AvgIpc) is 2.69. The Morgan fingerprint density at radius 2 is 1.82 bits per heavy atom. The number of nitrogens with one attached hydrogen (secondary N) is 1. The first-order chi connectivity index (χ1) is 13.6. The summed E-state index contributed by atoms with van der Waals surface area (Å²) in [6.45, 7) is 3.01. The zero-order valence-electron chi connectivity index (χ0n) is 16.9. The molecule has 148 valence electrons. The SMILES string of the molecule is COc1ccc(CN2[C@@H]3CCC[C@@H]2CC(NC(=O)c2cccc(C)c2)C3)cc1. The standard InChI is InChI=1S/C24H30N2O2/c1-17-5-3-6-19(13-17)24(27)25-20-14-21-7-4-8-22(15-20)26(21)16-18-9-11-23(28-2)12-10-18/h3,5-6,9-13,20-22H,4,7-8,14-16H2,1-2H3,(H,25,27)/t21-,22-/m1/s1. The highest BCUT2D eigenvalue weighted by atomic mass is 16.5. The molecule has 0 unspecified atom stereocenters. The smallest absolute Gasteiger partial charge is 0.251 e. The topological polar surface area (TPSA) is 41.6 Å². The molecule has 2 saturated heterocycles. The third kappa shape index (κ3) is 4.22. The summed E-state index contributed by atoms with van der Waals surface area (Å²) in [6, 6.07) is 17.7. The highest BCUT2D eigenvalue weighted by molar-refractivity contribution is 5.94. The Balaban J connectivity index is 1.40. The van der Waals surface area contributed by atoms with Crippen LogP contribution in [0, 0.1) is 6.92 Å². The molecule has 1 amide bonds. The molecular weight excluding hydrogens is 348 g/mol. The van der Waals surface area contributed by atoms with Crippen LogP contribution in [0.4, 0.5) is 0 Å². The van der Waals surface area contributed by atoms with Crippen molar-refractivity contribution >= 4 is 5.91 Å². The van der Waals surface area contributed by atoms with E-state index in [-0.39, 0.29) is 11.9 Å². The number of ether oxygens (including phenoxy) is 1. The summed E-state index contributed by atoms with van der Waals surface area (Å²) in [4.78, 5) is 15.3. The lowest BCUT2D eigenvalue weighted by Gasteiger charge is -2.49. The van der Waals surface area contributed by atoms with Gasteiger partial charge in [-0.25, -0.2) is 0 Å². The van der Waals surface area contributed by atoms with E-state index in [0.717, 1.165) is 36.3 Å². The number of aryl methyl sites for hydroxylation is 1. The van der Waals surface area contributed by atoms with Gasteiger partial charge in [-0.05, 0) is 62.4 Å². The Kier molecular flexibility index (Phi) is 5.67. The van der Waals surface area contributed by atoms with E-state index in [1.807, 2.05) is 43.3 Å². The Bertz CT molecular complexity index is 804. The van der Waals surface area contributed by atoms with Gasteiger partial charge in [0.1, 0.15) is 5.75 Å². The van der Waals surface area contributed by atoms with Crippen molar-refractivity contribution in [3.63, 3.8) is 0 Å². The van der Waals surface area contributed by atoms with Gasteiger partial charge in [-0.1, -0.05) is 36.2 Å². The van der Waals surface area contributed by atoms with Gasteiger partial charge in [-0.15, -0.1) is 0 Å². The molecule has 0 radical (unpaired) electrons. The van der Waals surface area contributed by atoms with Crippen molar-refractivity contribution in [2.75, 3.05) is 7.11 Å². The zero-order valence-corrected chi connectivity index (χ0v) is 16.9. The molecule has 2 aromatic rings. The van der Waals surface area contributed by atoms with Crippen LogP contribution in [0.3, 0.4) is 0 Å². The van der Waals surface area contributed by atoms with Gasteiger partial charge in [-0.2, -0.15) is 0 Å². The first-order valence-electron chi connectivity index (χ1n) is 10.4. The fourth-order valence-corrected chi connectivity index (χ4v) is 4.85. The number of carbonyl (C=O) groups is 1. The Hall–Kier alpha value is -2.33. The van der Waals surface area contributed by atoms with E-state index in [1.54, 1.807) is 7.11 Å². The Labute approximate surface area is 167 Å². The average molecular weight is 379 g/mol. The maximum atomic E-state index is 12.7. The minimum atomic E-state index is 0.0652. The van der Waals surface area contributed by atoms with Crippen LogP contribution in [-0.4, -0.2) is 36.0 Å². The first-order valence-corrected chi connectivity index (χ1v) is 10.4. The number of carbonyl (C=O) groups excluding carboxylic acids is 1. The number of fused-ring (bicyclic) bond motifs is 2. The molecule has 2 aliphatic rings. The molecule has 2 fully saturated rings. The van der Waals surface area contributed by atoms with Gasteiger partial charge < -0.3 is 10.1 Å². The van der Waals surface area contributed by atoms with E-state index in [2.05, 4.69) is 22.3 Å². The fraction of sp³-hybridized carbons (Fsp3) is 0.458. The monoisotopic (exact) mass is 378 g/mol. The van der Waals surface area contributed by atoms with Crippen molar-refractivity contribution < 1.29 is 9.53 Å². The van der Waals surface area contributed by atoms with Crippen LogP contribution >= 0.6 is 0 Å². The molecule has 2 aromatic carbocycles. The molecule has 2 atom stereocenters. The molecule has 0 spiro atoms. The predicted molar refractivity (Wildman–Crippen MR) is 112 cm³/mol. The molecule has 0 saturated carbocycles. The van der Waals surface area contributed by atoms with E-state index < -0.39 is 0 Å². The number of piperidine rings is 2. The van der Waals surface area contributed by atoms with Gasteiger partial charge in [0, 0.05) is 30.2 Å². The lowest BCUT2D eigenvalue weighted by Crippen LogP contribution is -2.56. The number of benzene rings is 2. The summed E-state index contributed by atoms with van der Waals surface area (Å²) in [5.74, 6) is 0.969. The second-order valence-corrected chi connectivity index (χ2v) is 8.27. The molecule has 2 heterocycles. The van der Waals surface area contributed by atoms with Crippen LogP contribution in [0.15, 0.2) is 48.5 Å². The first kappa shape index (κ1) is 19.0. The van der Waals surface area contributed by atoms with E-state index in [1.165, 1.54) is 24.8 Å². The number of rotatable bonds is 5. The molecule has 0 aromatic heterocycles. The van der Waals surface area contributed by atoms with Gasteiger partial charge in [0.25, 0.3) is 5.91 Å². The largest absolute Gasteiger partial charge is 0.497 e. The van der Waals surface area contributed by atoms with Crippen molar-refractivity contribution in [2.45, 2.75) is 63.7 Å². The van der Waals surface area contributed by atoms with Gasteiger partial charge in [0.15, 0.2) is 0 Å². The quantitative estimate of drug-likeness (QED) is 0.842. The number of methoxy groups -OCH3 is 1. The van der Waals surface area contributed by atoms with Crippen LogP contribution in [0.25, 0.3) is 0 Å². The second kappa shape index (κ2) is 8.36. The number of hydrogen-bond donors (Lipinski definition) is 1. The van der Waals surface area contributed by atoms with Crippen molar-refractivity contribution in [1.29, 1.82) is 0 Å². The lowest BCUT2D eigenvalue weighted by atomic mass is 9.81. The molecule has 4 rings (SSSR count). The fourth-order valence-electron chi connectivity index (χ4n) is 4.85. The van der Waals surface area contributed by atoms with Crippen LogP contribution in [0.1, 0.15) is 53.6 Å². The molecule has 2 aliphatic heterocycles. The van der Waals surface area contributed by atoms with E-state index >= 15 is 0 Å². The van der Waals surface area contributed by atoms with Crippen LogP contribution < -0.4 is 10.1 Å². The van der Waals surface area contributed by atoms with Crippen molar-refractivity contribution in [1.82, 2.24) is 10.2 Å². The maximum absolute atomic E-state index is 12.7. The zero-order chi connectivity index (χ0) is 19.5. The number of hydrogen-bond acceptors (Lipinski definition) is 3. The van der Waals surface area contributed by atoms with Gasteiger partial charge in [0.2, 0.25) is 0 Å². The minimum Gasteiger partial charge on any atom is -0.497 e. The van der Waals surface area contributed by atoms with E-state index in [9.17, 15) is 4.79 Å². The van der Waals surface area contributed by atoms with Gasteiger partial charge in [0.05, 0.1) is 7.11 Å². The molecular formula is C24H30N2O2. The van der Waals surface area contributed by atoms with Crippen molar-refractivity contribution in [3.8, 4) is 5.75 Å². The normalized spacial score (nSPS) is 24.6. The molecule has 2 bridgehead atoms. The third-order valence-corrected chi connectivity index (χ3v) is 6.27. The summed E-state index contributed by atoms with van der Waals surface area (Å²) in [5.41, 5.74) is 3.23. The second-order valence-electron chi connectivity index (χ2n) is 8.27.